The second-order valence-corrected chi connectivity index (χ2v) is 6.73. The van der Waals surface area contributed by atoms with Gasteiger partial charge in [0.05, 0.1) is 0 Å². The molecule has 1 aliphatic rings. The fourth-order valence-electron chi connectivity index (χ4n) is 3.22. The Morgan fingerprint density at radius 3 is 2.64 bits per heavy atom. The van der Waals surface area contributed by atoms with Gasteiger partial charge in [-0.2, -0.15) is 0 Å². The molecule has 1 aromatic heterocycles. The van der Waals surface area contributed by atoms with Crippen molar-refractivity contribution < 1.29 is 13.9 Å². The first-order chi connectivity index (χ1) is 12.0. The normalized spacial score (nSPS) is 18.2. The van der Waals surface area contributed by atoms with Crippen LogP contribution in [0.15, 0.2) is 42.6 Å². The van der Waals surface area contributed by atoms with Crippen molar-refractivity contribution in [2.24, 2.45) is 0 Å². The lowest BCUT2D eigenvalue weighted by atomic mass is 9.94. The average Bonchev–Trinajstić information content (AvgIpc) is 2.61. The van der Waals surface area contributed by atoms with Crippen LogP contribution in [-0.4, -0.2) is 35.8 Å². The van der Waals surface area contributed by atoms with E-state index in [9.17, 15) is 13.9 Å². The maximum Gasteiger partial charge on any atom is 0.132 e. The molecule has 1 atom stereocenters. The highest BCUT2D eigenvalue weighted by atomic mass is 19.1. The van der Waals surface area contributed by atoms with E-state index in [2.05, 4.69) is 15.2 Å². The molecule has 1 aromatic carbocycles. The fourth-order valence-corrected chi connectivity index (χ4v) is 3.22. The Morgan fingerprint density at radius 2 is 2.00 bits per heavy atom. The minimum Gasteiger partial charge on any atom is -0.384 e. The predicted molar refractivity (Wildman–Crippen MR) is 93.4 cm³/mol. The Morgan fingerprint density at radius 1 is 1.24 bits per heavy atom. The summed E-state index contributed by atoms with van der Waals surface area (Å²) in [5.41, 5.74) is -1.29. The first kappa shape index (κ1) is 17.8. The van der Waals surface area contributed by atoms with Gasteiger partial charge in [0.15, 0.2) is 0 Å². The van der Waals surface area contributed by atoms with Crippen molar-refractivity contribution in [3.8, 4) is 0 Å². The van der Waals surface area contributed by atoms with Gasteiger partial charge in [0.25, 0.3) is 0 Å². The number of piperidine rings is 1. The van der Waals surface area contributed by atoms with E-state index < -0.39 is 17.2 Å². The highest BCUT2D eigenvalue weighted by Gasteiger charge is 2.29. The molecule has 3 rings (SSSR count). The third-order valence-corrected chi connectivity index (χ3v) is 4.71. The maximum atomic E-state index is 13.9. The van der Waals surface area contributed by atoms with Gasteiger partial charge in [0, 0.05) is 43.5 Å². The van der Waals surface area contributed by atoms with E-state index >= 15 is 0 Å². The van der Waals surface area contributed by atoms with Crippen LogP contribution in [0.4, 0.5) is 14.6 Å². The van der Waals surface area contributed by atoms with E-state index in [0.29, 0.717) is 0 Å². The smallest absolute Gasteiger partial charge is 0.132 e. The van der Waals surface area contributed by atoms with Crippen LogP contribution < -0.4 is 10.2 Å². The molecular formula is C19H23F2N3O. The van der Waals surface area contributed by atoms with Crippen LogP contribution in [0.2, 0.25) is 0 Å². The Bertz CT molecular complexity index is 701. The number of benzene rings is 1. The number of hydrogen-bond donors (Lipinski definition) is 2. The summed E-state index contributed by atoms with van der Waals surface area (Å²) < 4.78 is 27.0. The van der Waals surface area contributed by atoms with Gasteiger partial charge in [0.2, 0.25) is 0 Å². The second-order valence-electron chi connectivity index (χ2n) is 6.73. The first-order valence-corrected chi connectivity index (χ1v) is 8.53. The Balaban J connectivity index is 1.54. The lowest BCUT2D eigenvalue weighted by molar-refractivity contribution is 0.0491. The van der Waals surface area contributed by atoms with E-state index in [-0.39, 0.29) is 18.2 Å². The van der Waals surface area contributed by atoms with Crippen molar-refractivity contribution in [3.05, 3.63) is 59.8 Å². The lowest BCUT2D eigenvalue weighted by Crippen LogP contribution is -2.47. The van der Waals surface area contributed by atoms with Gasteiger partial charge in [-0.25, -0.2) is 13.8 Å². The van der Waals surface area contributed by atoms with Crippen LogP contribution in [0, 0.1) is 11.6 Å². The Labute approximate surface area is 146 Å². The van der Waals surface area contributed by atoms with Crippen molar-refractivity contribution in [1.82, 2.24) is 10.3 Å². The largest absolute Gasteiger partial charge is 0.384 e. The quantitative estimate of drug-likeness (QED) is 0.873. The summed E-state index contributed by atoms with van der Waals surface area (Å²) >= 11 is 0. The van der Waals surface area contributed by atoms with Crippen LogP contribution in [0.25, 0.3) is 0 Å². The van der Waals surface area contributed by atoms with Crippen molar-refractivity contribution in [2.75, 3.05) is 24.5 Å². The van der Waals surface area contributed by atoms with Gasteiger partial charge in [0.1, 0.15) is 23.1 Å². The van der Waals surface area contributed by atoms with Crippen LogP contribution in [0.3, 0.4) is 0 Å². The molecule has 2 aromatic rings. The van der Waals surface area contributed by atoms with Crippen LogP contribution in [-0.2, 0) is 5.60 Å². The molecule has 0 saturated carbocycles. The highest BCUT2D eigenvalue weighted by Crippen LogP contribution is 2.24. The fraction of sp³-hybridized carbons (Fsp3) is 0.421. The molecule has 0 aliphatic carbocycles. The molecule has 4 nitrogen and oxygen atoms in total. The first-order valence-electron chi connectivity index (χ1n) is 8.53. The van der Waals surface area contributed by atoms with E-state index in [1.165, 1.54) is 6.07 Å². The summed E-state index contributed by atoms with van der Waals surface area (Å²) in [6, 6.07) is 9.38. The highest BCUT2D eigenvalue weighted by molar-refractivity contribution is 5.38. The van der Waals surface area contributed by atoms with Crippen molar-refractivity contribution in [2.45, 2.75) is 31.4 Å². The lowest BCUT2D eigenvalue weighted by Gasteiger charge is -2.35. The number of rotatable bonds is 5. The summed E-state index contributed by atoms with van der Waals surface area (Å²) in [5, 5.41) is 13.9. The molecular weight excluding hydrogens is 324 g/mol. The van der Waals surface area contributed by atoms with Gasteiger partial charge in [-0.3, -0.25) is 0 Å². The SMILES string of the molecule is CC(O)(CNC1CCN(c2ccccn2)CC1)c1ccc(F)cc1F. The molecule has 134 valence electrons. The number of aliphatic hydroxyl groups is 1. The number of anilines is 1. The number of nitrogens with zero attached hydrogens (tertiary/aromatic N) is 2. The number of pyridine rings is 1. The summed E-state index contributed by atoms with van der Waals surface area (Å²) in [6.45, 7) is 3.51. The third kappa shape index (κ3) is 4.32. The summed E-state index contributed by atoms with van der Waals surface area (Å²) in [5.74, 6) is -0.398. The van der Waals surface area contributed by atoms with Crippen LogP contribution >= 0.6 is 0 Å². The number of hydrogen-bond acceptors (Lipinski definition) is 4. The zero-order chi connectivity index (χ0) is 17.9. The maximum absolute atomic E-state index is 13.9. The van der Waals surface area contributed by atoms with Gasteiger partial charge in [-0.05, 0) is 38.0 Å². The molecule has 1 unspecified atom stereocenters. The van der Waals surface area contributed by atoms with Crippen molar-refractivity contribution >= 4 is 5.82 Å². The van der Waals surface area contributed by atoms with Gasteiger partial charge in [-0.15, -0.1) is 0 Å². The molecule has 0 spiro atoms. The van der Waals surface area contributed by atoms with E-state index in [1.54, 1.807) is 13.1 Å². The summed E-state index contributed by atoms with van der Waals surface area (Å²) in [4.78, 5) is 6.59. The van der Waals surface area contributed by atoms with E-state index in [1.807, 2.05) is 18.2 Å². The minimum atomic E-state index is -1.39. The monoisotopic (exact) mass is 347 g/mol. The van der Waals surface area contributed by atoms with Crippen molar-refractivity contribution in [3.63, 3.8) is 0 Å². The number of nitrogens with one attached hydrogen (secondary N) is 1. The average molecular weight is 347 g/mol. The molecule has 6 heteroatoms. The van der Waals surface area contributed by atoms with Crippen LogP contribution in [0.1, 0.15) is 25.3 Å². The summed E-state index contributed by atoms with van der Waals surface area (Å²) in [6.07, 6.45) is 3.62. The molecule has 25 heavy (non-hydrogen) atoms. The predicted octanol–water partition coefficient (Wildman–Crippen LogP) is 2.83. The molecule has 0 amide bonds. The molecule has 0 bridgehead atoms. The number of aromatic nitrogens is 1. The molecule has 1 saturated heterocycles. The van der Waals surface area contributed by atoms with Gasteiger partial charge in [-0.1, -0.05) is 12.1 Å². The Kier molecular flexibility index (Phi) is 5.30. The van der Waals surface area contributed by atoms with E-state index in [4.69, 9.17) is 0 Å². The Hall–Kier alpha value is -2.05. The van der Waals surface area contributed by atoms with Gasteiger partial charge < -0.3 is 15.3 Å². The van der Waals surface area contributed by atoms with Crippen LogP contribution in [0.5, 0.6) is 0 Å². The minimum absolute atomic E-state index is 0.104. The zero-order valence-corrected chi connectivity index (χ0v) is 14.3. The van der Waals surface area contributed by atoms with E-state index in [0.717, 1.165) is 43.9 Å². The molecule has 2 N–H and O–H groups in total. The van der Waals surface area contributed by atoms with Gasteiger partial charge >= 0.3 is 0 Å². The molecule has 1 aliphatic heterocycles. The second kappa shape index (κ2) is 7.45. The zero-order valence-electron chi connectivity index (χ0n) is 14.3. The topological polar surface area (TPSA) is 48.4 Å². The standard InChI is InChI=1S/C19H23F2N3O/c1-19(25,16-6-5-14(20)12-17(16)21)13-23-15-7-10-24(11-8-15)18-4-2-3-9-22-18/h2-6,9,12,15,23,25H,7-8,10-11,13H2,1H3. The molecule has 0 radical (unpaired) electrons. The summed E-state index contributed by atoms with van der Waals surface area (Å²) in [7, 11) is 0. The molecule has 1 fully saturated rings. The molecule has 2 heterocycles. The number of halogens is 2. The third-order valence-electron chi connectivity index (χ3n) is 4.71. The van der Waals surface area contributed by atoms with Crippen molar-refractivity contribution in [1.29, 1.82) is 0 Å².